The fraction of sp³-hybridized carbons (Fsp3) is 1.00. The van der Waals surface area contributed by atoms with E-state index in [0.29, 0.717) is 0 Å². The average Bonchev–Trinajstić information content (AvgIpc) is 2.27. The summed E-state index contributed by atoms with van der Waals surface area (Å²) in [5.41, 5.74) is 7.00. The zero-order chi connectivity index (χ0) is 12.5. The van der Waals surface area contributed by atoms with Crippen molar-refractivity contribution in [2.45, 2.75) is 77.7 Å². The van der Waals surface area contributed by atoms with Gasteiger partial charge in [0.1, 0.15) is 0 Å². The van der Waals surface area contributed by atoms with Crippen molar-refractivity contribution in [3.8, 4) is 0 Å². The molecule has 17 heavy (non-hydrogen) atoms. The molecule has 0 aliphatic heterocycles. The van der Waals surface area contributed by atoms with E-state index in [1.807, 2.05) is 0 Å². The van der Waals surface area contributed by atoms with Crippen LogP contribution in [0.3, 0.4) is 0 Å². The maximum Gasteiger partial charge on any atom is 0.0188 e. The molecule has 0 saturated heterocycles. The molecule has 1 heteroatoms. The lowest BCUT2D eigenvalue weighted by Crippen LogP contribution is -2.53. The van der Waals surface area contributed by atoms with Crippen LogP contribution in [0.25, 0.3) is 0 Å². The third-order valence-corrected chi connectivity index (χ3v) is 5.43. The highest BCUT2D eigenvalue weighted by molar-refractivity contribution is 4.98. The van der Waals surface area contributed by atoms with Crippen molar-refractivity contribution in [3.63, 3.8) is 0 Å². The van der Waals surface area contributed by atoms with Gasteiger partial charge in [-0.25, -0.2) is 0 Å². The van der Waals surface area contributed by atoms with Gasteiger partial charge in [-0.05, 0) is 55.8 Å². The summed E-state index contributed by atoms with van der Waals surface area (Å²) in [7, 11) is 0. The third kappa shape index (κ3) is 3.05. The molecule has 2 N–H and O–H groups in total. The van der Waals surface area contributed by atoms with Crippen molar-refractivity contribution in [1.82, 2.24) is 0 Å². The molecular formula is C16H31N. The lowest BCUT2D eigenvalue weighted by atomic mass is 9.61. The maximum absolute atomic E-state index is 6.83. The second-order valence-electron chi connectivity index (χ2n) is 7.23. The first-order chi connectivity index (χ1) is 8.03. The largest absolute Gasteiger partial charge is 0.325 e. The van der Waals surface area contributed by atoms with Crippen molar-refractivity contribution in [2.75, 3.05) is 0 Å². The van der Waals surface area contributed by atoms with E-state index < -0.39 is 0 Å². The van der Waals surface area contributed by atoms with Gasteiger partial charge < -0.3 is 5.73 Å². The van der Waals surface area contributed by atoms with Crippen molar-refractivity contribution in [1.29, 1.82) is 0 Å². The van der Waals surface area contributed by atoms with Gasteiger partial charge in [0.15, 0.2) is 0 Å². The first kappa shape index (κ1) is 13.4. The topological polar surface area (TPSA) is 26.0 Å². The van der Waals surface area contributed by atoms with E-state index in [-0.39, 0.29) is 5.54 Å². The Balaban J connectivity index is 2.03. The van der Waals surface area contributed by atoms with Gasteiger partial charge in [0.2, 0.25) is 0 Å². The quantitative estimate of drug-likeness (QED) is 0.759. The van der Waals surface area contributed by atoms with Crippen LogP contribution < -0.4 is 5.73 Å². The SMILES string of the molecule is CCC1CCCC(C2(N)CC(C)CC(C)C2)C1. The number of rotatable bonds is 2. The summed E-state index contributed by atoms with van der Waals surface area (Å²) in [5.74, 6) is 3.45. The molecule has 4 atom stereocenters. The lowest BCUT2D eigenvalue weighted by Gasteiger charge is -2.48. The molecule has 2 aliphatic carbocycles. The van der Waals surface area contributed by atoms with Crippen LogP contribution in [0, 0.1) is 23.7 Å². The highest BCUT2D eigenvalue weighted by atomic mass is 14.8. The Bertz CT molecular complexity index is 238. The van der Waals surface area contributed by atoms with E-state index in [2.05, 4.69) is 20.8 Å². The molecule has 2 fully saturated rings. The predicted molar refractivity (Wildman–Crippen MR) is 74.8 cm³/mol. The number of hydrogen-bond donors (Lipinski definition) is 1. The van der Waals surface area contributed by atoms with Crippen molar-refractivity contribution in [2.24, 2.45) is 29.4 Å². The average molecular weight is 237 g/mol. The van der Waals surface area contributed by atoms with E-state index in [1.165, 1.54) is 51.4 Å². The first-order valence-corrected chi connectivity index (χ1v) is 7.82. The molecule has 0 aromatic rings. The molecule has 2 aliphatic rings. The molecule has 2 saturated carbocycles. The molecule has 0 bridgehead atoms. The molecule has 2 rings (SSSR count). The summed E-state index contributed by atoms with van der Waals surface area (Å²) in [6.07, 6.45) is 11.0. The Morgan fingerprint density at radius 1 is 1.06 bits per heavy atom. The van der Waals surface area contributed by atoms with Crippen LogP contribution in [-0.2, 0) is 0 Å². The van der Waals surface area contributed by atoms with Crippen molar-refractivity contribution in [3.05, 3.63) is 0 Å². The Labute approximate surface area is 108 Å². The van der Waals surface area contributed by atoms with Crippen molar-refractivity contribution >= 4 is 0 Å². The lowest BCUT2D eigenvalue weighted by molar-refractivity contribution is 0.0808. The van der Waals surface area contributed by atoms with Crippen LogP contribution in [0.5, 0.6) is 0 Å². The van der Waals surface area contributed by atoms with E-state index in [4.69, 9.17) is 5.73 Å². The molecular weight excluding hydrogens is 206 g/mol. The second kappa shape index (κ2) is 5.30. The highest BCUT2D eigenvalue weighted by Gasteiger charge is 2.42. The molecule has 4 unspecified atom stereocenters. The maximum atomic E-state index is 6.83. The molecule has 0 aromatic carbocycles. The minimum atomic E-state index is 0.172. The van der Waals surface area contributed by atoms with E-state index in [9.17, 15) is 0 Å². The summed E-state index contributed by atoms with van der Waals surface area (Å²) < 4.78 is 0. The predicted octanol–water partition coefficient (Wildman–Crippen LogP) is 4.36. The van der Waals surface area contributed by atoms with Gasteiger partial charge >= 0.3 is 0 Å². The summed E-state index contributed by atoms with van der Waals surface area (Å²) in [5, 5.41) is 0. The van der Waals surface area contributed by atoms with Crippen molar-refractivity contribution < 1.29 is 0 Å². The molecule has 0 spiro atoms. The summed E-state index contributed by atoms with van der Waals surface area (Å²) in [4.78, 5) is 0. The molecule has 100 valence electrons. The Morgan fingerprint density at radius 3 is 2.29 bits per heavy atom. The third-order valence-electron chi connectivity index (χ3n) is 5.43. The second-order valence-corrected chi connectivity index (χ2v) is 7.23. The van der Waals surface area contributed by atoms with Gasteiger partial charge in [-0.2, -0.15) is 0 Å². The van der Waals surface area contributed by atoms with E-state index in [0.717, 1.165) is 23.7 Å². The Hall–Kier alpha value is -0.0400. The standard InChI is InChI=1S/C16H31N/c1-4-14-6-5-7-15(9-14)16(17)10-12(2)8-13(3)11-16/h12-15H,4-11,17H2,1-3H3. The van der Waals surface area contributed by atoms with Gasteiger partial charge in [0.05, 0.1) is 0 Å². The zero-order valence-electron chi connectivity index (χ0n) is 12.0. The van der Waals surface area contributed by atoms with Crippen LogP contribution in [0.15, 0.2) is 0 Å². The number of nitrogens with two attached hydrogens (primary N) is 1. The first-order valence-electron chi connectivity index (χ1n) is 7.82. The minimum absolute atomic E-state index is 0.172. The van der Waals surface area contributed by atoms with E-state index >= 15 is 0 Å². The molecule has 0 aromatic heterocycles. The normalized spacial score (nSPS) is 48.0. The van der Waals surface area contributed by atoms with Gasteiger partial charge in [-0.1, -0.05) is 40.0 Å². The van der Waals surface area contributed by atoms with Gasteiger partial charge in [-0.15, -0.1) is 0 Å². The van der Waals surface area contributed by atoms with Crippen LogP contribution in [-0.4, -0.2) is 5.54 Å². The zero-order valence-corrected chi connectivity index (χ0v) is 12.0. The fourth-order valence-corrected chi connectivity index (χ4v) is 4.75. The summed E-state index contributed by atoms with van der Waals surface area (Å²) in [6.45, 7) is 7.15. The van der Waals surface area contributed by atoms with Gasteiger partial charge in [-0.3, -0.25) is 0 Å². The smallest absolute Gasteiger partial charge is 0.0188 e. The van der Waals surface area contributed by atoms with Gasteiger partial charge in [0.25, 0.3) is 0 Å². The Kier molecular flexibility index (Phi) is 4.18. The monoisotopic (exact) mass is 237 g/mol. The minimum Gasteiger partial charge on any atom is -0.325 e. The molecule has 0 radical (unpaired) electrons. The molecule has 0 heterocycles. The Morgan fingerprint density at radius 2 is 1.71 bits per heavy atom. The van der Waals surface area contributed by atoms with Crippen LogP contribution >= 0.6 is 0 Å². The molecule has 0 amide bonds. The van der Waals surface area contributed by atoms with Crippen LogP contribution in [0.4, 0.5) is 0 Å². The van der Waals surface area contributed by atoms with E-state index in [1.54, 1.807) is 0 Å². The van der Waals surface area contributed by atoms with Gasteiger partial charge in [0, 0.05) is 5.54 Å². The molecule has 1 nitrogen and oxygen atoms in total. The summed E-state index contributed by atoms with van der Waals surface area (Å²) >= 11 is 0. The highest BCUT2D eigenvalue weighted by Crippen LogP contribution is 2.45. The fourth-order valence-electron chi connectivity index (χ4n) is 4.75. The van der Waals surface area contributed by atoms with Crippen LogP contribution in [0.1, 0.15) is 72.1 Å². The summed E-state index contributed by atoms with van der Waals surface area (Å²) in [6, 6.07) is 0. The van der Waals surface area contributed by atoms with Crippen LogP contribution in [0.2, 0.25) is 0 Å². The number of hydrogen-bond acceptors (Lipinski definition) is 1.